The van der Waals surface area contributed by atoms with Gasteiger partial charge in [0, 0.05) is 31.2 Å². The number of carbonyl (C=O) groups is 1. The number of esters is 1. The molecule has 0 saturated heterocycles. The van der Waals surface area contributed by atoms with Crippen molar-refractivity contribution < 1.29 is 17.9 Å². The number of imidazole rings is 1. The number of hydrogen-bond acceptors (Lipinski definition) is 5. The molecule has 0 aliphatic carbocycles. The lowest BCUT2D eigenvalue weighted by Crippen LogP contribution is -2.31. The topological polar surface area (TPSA) is 97.3 Å². The molecule has 0 bridgehead atoms. The largest absolute Gasteiger partial charge is 0.462 e. The highest BCUT2D eigenvalue weighted by atomic mass is 32.2. The molecule has 0 unspecified atom stereocenters. The fraction of sp³-hybridized carbons (Fsp3) is 0.364. The number of aromatic nitrogens is 3. The van der Waals surface area contributed by atoms with Crippen LogP contribution in [0.15, 0.2) is 41.8 Å². The summed E-state index contributed by atoms with van der Waals surface area (Å²) in [7, 11) is -2.15. The molecule has 2 heterocycles. The molecule has 1 N–H and O–H groups in total. The second-order valence-corrected chi connectivity index (χ2v) is 9.47. The van der Waals surface area contributed by atoms with Crippen LogP contribution in [0.4, 0.5) is 0 Å². The van der Waals surface area contributed by atoms with Crippen LogP contribution in [-0.2, 0) is 34.9 Å². The van der Waals surface area contributed by atoms with Gasteiger partial charge in [0.25, 0.3) is 10.0 Å². The van der Waals surface area contributed by atoms with Crippen molar-refractivity contribution in [2.75, 3.05) is 6.61 Å². The number of hydrogen-bond donors (Lipinski definition) is 1. The standard InChI is InChI=1S/C22H28N4O4S/c1-6-30-22(27)21-16(3)19(24-17(21)4)12-26(11-18-9-7-15(2)8-10-18)31(28,29)20-13-25(5)14-23-20/h7-10,13-14,24H,6,11-12H2,1-5H3. The van der Waals surface area contributed by atoms with E-state index in [0.29, 0.717) is 22.5 Å². The van der Waals surface area contributed by atoms with Crippen LogP contribution in [-0.4, -0.2) is 39.8 Å². The minimum absolute atomic E-state index is 0.0198. The molecule has 1 aromatic carbocycles. The van der Waals surface area contributed by atoms with E-state index in [4.69, 9.17) is 4.74 Å². The molecule has 0 fully saturated rings. The van der Waals surface area contributed by atoms with Crippen LogP contribution < -0.4 is 0 Å². The molecule has 0 amide bonds. The molecule has 3 aromatic rings. The second-order valence-electron chi connectivity index (χ2n) is 7.59. The summed E-state index contributed by atoms with van der Waals surface area (Å²) in [6.07, 6.45) is 2.94. The lowest BCUT2D eigenvalue weighted by molar-refractivity contribution is 0.0525. The second kappa shape index (κ2) is 9.07. The summed E-state index contributed by atoms with van der Waals surface area (Å²) >= 11 is 0. The van der Waals surface area contributed by atoms with Crippen LogP contribution in [0, 0.1) is 20.8 Å². The van der Waals surface area contributed by atoms with Gasteiger partial charge in [0.2, 0.25) is 0 Å². The van der Waals surface area contributed by atoms with E-state index in [9.17, 15) is 13.2 Å². The van der Waals surface area contributed by atoms with Crippen molar-refractivity contribution in [1.29, 1.82) is 0 Å². The zero-order chi connectivity index (χ0) is 22.8. The van der Waals surface area contributed by atoms with E-state index in [0.717, 1.165) is 11.1 Å². The summed E-state index contributed by atoms with van der Waals surface area (Å²) in [5, 5.41) is -0.0198. The summed E-state index contributed by atoms with van der Waals surface area (Å²) in [6, 6.07) is 7.72. The molecule has 0 radical (unpaired) electrons. The number of benzene rings is 1. The van der Waals surface area contributed by atoms with Gasteiger partial charge >= 0.3 is 5.97 Å². The third-order valence-corrected chi connectivity index (χ3v) is 6.80. The Morgan fingerprint density at radius 3 is 2.42 bits per heavy atom. The van der Waals surface area contributed by atoms with Crippen molar-refractivity contribution in [2.24, 2.45) is 7.05 Å². The normalized spacial score (nSPS) is 11.8. The molecule has 9 heteroatoms. The monoisotopic (exact) mass is 444 g/mol. The maximum atomic E-state index is 13.4. The lowest BCUT2D eigenvalue weighted by atomic mass is 10.1. The van der Waals surface area contributed by atoms with Gasteiger partial charge in [-0.3, -0.25) is 0 Å². The highest BCUT2D eigenvalue weighted by Crippen LogP contribution is 2.25. The average Bonchev–Trinajstić information content (AvgIpc) is 3.26. The molecule has 31 heavy (non-hydrogen) atoms. The Bertz CT molecular complexity index is 1180. The van der Waals surface area contributed by atoms with E-state index in [-0.39, 0.29) is 24.7 Å². The number of ether oxygens (including phenoxy) is 1. The first kappa shape index (κ1) is 22.8. The van der Waals surface area contributed by atoms with Crippen molar-refractivity contribution in [1.82, 2.24) is 18.8 Å². The number of H-pyrrole nitrogens is 1. The molecule has 0 spiro atoms. The molecule has 166 valence electrons. The maximum absolute atomic E-state index is 13.4. The van der Waals surface area contributed by atoms with Gasteiger partial charge in [-0.05, 0) is 38.8 Å². The van der Waals surface area contributed by atoms with Crippen molar-refractivity contribution in [3.05, 3.63) is 70.4 Å². The Morgan fingerprint density at radius 2 is 1.84 bits per heavy atom. The average molecular weight is 445 g/mol. The van der Waals surface area contributed by atoms with Crippen molar-refractivity contribution in [3.8, 4) is 0 Å². The molecule has 0 atom stereocenters. The van der Waals surface area contributed by atoms with Gasteiger partial charge in [-0.25, -0.2) is 18.2 Å². The summed E-state index contributed by atoms with van der Waals surface area (Å²) in [5.74, 6) is -0.419. The molecule has 3 rings (SSSR count). The molecular formula is C22H28N4O4S. The van der Waals surface area contributed by atoms with E-state index in [1.165, 1.54) is 16.8 Å². The highest BCUT2D eigenvalue weighted by molar-refractivity contribution is 7.89. The zero-order valence-electron chi connectivity index (χ0n) is 18.5. The van der Waals surface area contributed by atoms with E-state index in [1.807, 2.05) is 31.2 Å². The predicted octanol–water partition coefficient (Wildman–Crippen LogP) is 3.24. The van der Waals surface area contributed by atoms with Crippen LogP contribution in [0.2, 0.25) is 0 Å². The number of carbonyl (C=O) groups excluding carboxylic acids is 1. The third kappa shape index (κ3) is 4.88. The maximum Gasteiger partial charge on any atom is 0.340 e. The molecule has 0 aliphatic rings. The van der Waals surface area contributed by atoms with Gasteiger partial charge in [-0.1, -0.05) is 29.8 Å². The molecule has 8 nitrogen and oxygen atoms in total. The van der Waals surface area contributed by atoms with Crippen LogP contribution in [0.1, 0.15) is 45.4 Å². The fourth-order valence-corrected chi connectivity index (χ4v) is 4.80. The Morgan fingerprint density at radius 1 is 1.16 bits per heavy atom. The van der Waals surface area contributed by atoms with Crippen LogP contribution >= 0.6 is 0 Å². The van der Waals surface area contributed by atoms with Crippen LogP contribution in [0.25, 0.3) is 0 Å². The SMILES string of the molecule is CCOC(=O)c1c(C)[nH]c(CN(Cc2ccc(C)cc2)S(=O)(=O)c2cn(C)cn2)c1C. The highest BCUT2D eigenvalue weighted by Gasteiger charge is 2.29. The minimum atomic E-state index is -3.87. The van der Waals surface area contributed by atoms with E-state index in [1.54, 1.807) is 32.4 Å². The Labute approximate surface area is 182 Å². The first-order valence-electron chi connectivity index (χ1n) is 10.0. The number of aromatic amines is 1. The van der Waals surface area contributed by atoms with Crippen LogP contribution in [0.5, 0.6) is 0 Å². The number of sulfonamides is 1. The molecular weight excluding hydrogens is 416 g/mol. The van der Waals surface area contributed by atoms with Crippen molar-refractivity contribution in [2.45, 2.75) is 45.8 Å². The minimum Gasteiger partial charge on any atom is -0.462 e. The number of nitrogens with zero attached hydrogens (tertiary/aromatic N) is 3. The van der Waals surface area contributed by atoms with Gasteiger partial charge in [0.1, 0.15) is 0 Å². The van der Waals surface area contributed by atoms with E-state index >= 15 is 0 Å². The van der Waals surface area contributed by atoms with Gasteiger partial charge in [-0.2, -0.15) is 4.31 Å². The predicted molar refractivity (Wildman–Crippen MR) is 117 cm³/mol. The van der Waals surface area contributed by atoms with E-state index < -0.39 is 16.0 Å². The Kier molecular flexibility index (Phi) is 6.66. The van der Waals surface area contributed by atoms with Gasteiger partial charge in [0.15, 0.2) is 5.03 Å². The van der Waals surface area contributed by atoms with Crippen LogP contribution in [0.3, 0.4) is 0 Å². The van der Waals surface area contributed by atoms with Crippen molar-refractivity contribution >= 4 is 16.0 Å². The van der Waals surface area contributed by atoms with Gasteiger partial charge in [0.05, 0.1) is 25.0 Å². The molecule has 2 aromatic heterocycles. The first-order valence-corrected chi connectivity index (χ1v) is 11.5. The quantitative estimate of drug-likeness (QED) is 0.538. The van der Waals surface area contributed by atoms with Gasteiger partial charge < -0.3 is 14.3 Å². The summed E-state index contributed by atoms with van der Waals surface area (Å²) < 4.78 is 34.9. The van der Waals surface area contributed by atoms with E-state index in [2.05, 4.69) is 9.97 Å². The first-order chi connectivity index (χ1) is 14.6. The van der Waals surface area contributed by atoms with Crippen molar-refractivity contribution in [3.63, 3.8) is 0 Å². The summed E-state index contributed by atoms with van der Waals surface area (Å²) in [5.41, 5.74) is 4.38. The Balaban J connectivity index is 2.00. The number of aryl methyl sites for hydroxylation is 3. The lowest BCUT2D eigenvalue weighted by Gasteiger charge is -2.21. The fourth-order valence-electron chi connectivity index (χ4n) is 3.44. The molecule has 0 aliphatic heterocycles. The molecule has 0 saturated carbocycles. The smallest absolute Gasteiger partial charge is 0.340 e. The van der Waals surface area contributed by atoms with Gasteiger partial charge in [-0.15, -0.1) is 0 Å². The summed E-state index contributed by atoms with van der Waals surface area (Å²) in [4.78, 5) is 19.6. The summed E-state index contributed by atoms with van der Waals surface area (Å²) in [6.45, 7) is 7.81. The number of rotatable bonds is 8. The number of nitrogens with one attached hydrogen (secondary N) is 1. The third-order valence-electron chi connectivity index (χ3n) is 5.12. The Hall–Kier alpha value is -2.91. The zero-order valence-corrected chi connectivity index (χ0v) is 19.3.